The van der Waals surface area contributed by atoms with Crippen molar-refractivity contribution in [3.63, 3.8) is 0 Å². The molecule has 0 aliphatic heterocycles. The Hall–Kier alpha value is -0.850. The first-order valence-electron chi connectivity index (χ1n) is 5.07. The number of carbonyl (C=O) groups is 1. The molecule has 70 valence electrons. The lowest BCUT2D eigenvalue weighted by Crippen LogP contribution is -2.18. The van der Waals surface area contributed by atoms with Crippen molar-refractivity contribution >= 4 is 5.78 Å². The predicted molar refractivity (Wildman–Crippen MR) is 53.4 cm³/mol. The first-order chi connectivity index (χ1) is 6.20. The monoisotopic (exact) mass is 176 g/mol. The van der Waals surface area contributed by atoms with E-state index >= 15 is 0 Å². The fourth-order valence-electron chi connectivity index (χ4n) is 2.64. The number of fused-ring (bicyclic) bond motifs is 1. The molecule has 0 aromatic heterocycles. The Balaban J connectivity index is 2.33. The molecule has 0 N–H and O–H groups in total. The molecule has 1 nitrogen and oxygen atoms in total. The fourth-order valence-corrected chi connectivity index (χ4v) is 2.64. The molecule has 0 spiro atoms. The van der Waals surface area contributed by atoms with Crippen molar-refractivity contribution in [1.29, 1.82) is 0 Å². The normalized spacial score (nSPS) is 34.1. The molecule has 0 bridgehead atoms. The highest BCUT2D eigenvalue weighted by atomic mass is 16.1. The van der Waals surface area contributed by atoms with E-state index in [1.165, 1.54) is 11.1 Å². The summed E-state index contributed by atoms with van der Waals surface area (Å²) in [7, 11) is 0. The van der Waals surface area contributed by atoms with E-state index in [0.29, 0.717) is 11.7 Å². The van der Waals surface area contributed by atoms with E-state index in [9.17, 15) is 4.79 Å². The fraction of sp³-hybridized carbons (Fsp3) is 0.583. The van der Waals surface area contributed by atoms with Gasteiger partial charge in [0.05, 0.1) is 0 Å². The quantitative estimate of drug-likeness (QED) is 0.519. The van der Waals surface area contributed by atoms with Crippen LogP contribution in [0, 0.1) is 11.8 Å². The summed E-state index contributed by atoms with van der Waals surface area (Å²) < 4.78 is 0. The van der Waals surface area contributed by atoms with Gasteiger partial charge < -0.3 is 0 Å². The molecule has 2 rings (SSSR count). The van der Waals surface area contributed by atoms with Gasteiger partial charge in [0, 0.05) is 12.3 Å². The van der Waals surface area contributed by atoms with Gasteiger partial charge in [0.2, 0.25) is 0 Å². The lowest BCUT2D eigenvalue weighted by molar-refractivity contribution is -0.122. The van der Waals surface area contributed by atoms with Crippen LogP contribution in [0.15, 0.2) is 23.8 Å². The summed E-state index contributed by atoms with van der Waals surface area (Å²) in [5.74, 6) is 1.07. The smallest absolute Gasteiger partial charge is 0.140 e. The molecular weight excluding hydrogens is 160 g/mol. The molecule has 2 aliphatic carbocycles. The first kappa shape index (κ1) is 8.74. The molecule has 2 unspecified atom stereocenters. The van der Waals surface area contributed by atoms with Crippen molar-refractivity contribution < 1.29 is 4.79 Å². The van der Waals surface area contributed by atoms with Crippen LogP contribution in [0.2, 0.25) is 0 Å². The van der Waals surface area contributed by atoms with Crippen LogP contribution in [0.1, 0.15) is 32.6 Å². The van der Waals surface area contributed by atoms with Crippen LogP contribution in [0.4, 0.5) is 0 Å². The van der Waals surface area contributed by atoms with Gasteiger partial charge in [-0.15, -0.1) is 0 Å². The van der Waals surface area contributed by atoms with Crippen molar-refractivity contribution in [3.05, 3.63) is 23.8 Å². The number of hydrogen-bond acceptors (Lipinski definition) is 1. The van der Waals surface area contributed by atoms with Crippen molar-refractivity contribution in [2.45, 2.75) is 32.6 Å². The lowest BCUT2D eigenvalue weighted by Gasteiger charge is -2.17. The zero-order valence-corrected chi connectivity index (χ0v) is 8.18. The van der Waals surface area contributed by atoms with Gasteiger partial charge in [0.1, 0.15) is 5.78 Å². The average molecular weight is 176 g/mol. The molecule has 0 radical (unpaired) electrons. The second-order valence-electron chi connectivity index (χ2n) is 4.23. The average Bonchev–Trinajstić information content (AvgIpc) is 2.40. The van der Waals surface area contributed by atoms with E-state index in [1.54, 1.807) is 0 Å². The van der Waals surface area contributed by atoms with Crippen molar-refractivity contribution in [1.82, 2.24) is 0 Å². The van der Waals surface area contributed by atoms with Gasteiger partial charge in [0.15, 0.2) is 0 Å². The number of Topliss-reactive ketones (excluding diaryl/α,β-unsaturated/α-hetero) is 1. The molecule has 13 heavy (non-hydrogen) atoms. The van der Waals surface area contributed by atoms with Gasteiger partial charge >= 0.3 is 0 Å². The minimum absolute atomic E-state index is 0.166. The molecule has 2 atom stereocenters. The topological polar surface area (TPSA) is 17.1 Å². The van der Waals surface area contributed by atoms with Gasteiger partial charge in [-0.1, -0.05) is 23.8 Å². The zero-order valence-electron chi connectivity index (χ0n) is 8.18. The maximum Gasteiger partial charge on any atom is 0.140 e. The summed E-state index contributed by atoms with van der Waals surface area (Å²) in [6, 6.07) is 0. The summed E-state index contributed by atoms with van der Waals surface area (Å²) in [5.41, 5.74) is 2.58. The van der Waals surface area contributed by atoms with Crippen LogP contribution in [0.5, 0.6) is 0 Å². The minimum Gasteiger partial charge on any atom is -0.299 e. The van der Waals surface area contributed by atoms with Gasteiger partial charge in [-0.2, -0.15) is 0 Å². The number of ketones is 1. The van der Waals surface area contributed by atoms with Crippen LogP contribution in [-0.4, -0.2) is 5.78 Å². The Bertz CT molecular complexity index is 285. The van der Waals surface area contributed by atoms with E-state index < -0.39 is 0 Å². The maximum absolute atomic E-state index is 11.8. The number of allylic oxidation sites excluding steroid dienone is 3. The molecule has 0 heterocycles. The Morgan fingerprint density at radius 3 is 3.00 bits per heavy atom. The SMILES string of the molecule is C=C1CCC2C(C)=CCCC(=O)C12. The molecule has 0 aromatic carbocycles. The summed E-state index contributed by atoms with van der Waals surface area (Å²) in [4.78, 5) is 11.8. The Labute approximate surface area is 79.5 Å². The number of carbonyl (C=O) groups excluding carboxylic acids is 1. The lowest BCUT2D eigenvalue weighted by atomic mass is 9.86. The van der Waals surface area contributed by atoms with Crippen molar-refractivity contribution in [3.8, 4) is 0 Å². The predicted octanol–water partition coefficient (Wildman–Crippen LogP) is 2.88. The summed E-state index contributed by atoms with van der Waals surface area (Å²) in [5, 5.41) is 0. The van der Waals surface area contributed by atoms with Crippen molar-refractivity contribution in [2.75, 3.05) is 0 Å². The molecule has 1 heteroatoms. The van der Waals surface area contributed by atoms with Gasteiger partial charge in [0.25, 0.3) is 0 Å². The minimum atomic E-state index is 0.166. The highest BCUT2D eigenvalue weighted by molar-refractivity contribution is 5.85. The summed E-state index contributed by atoms with van der Waals surface area (Å²) in [6.07, 6.45) is 6.08. The zero-order chi connectivity index (χ0) is 9.42. The van der Waals surface area contributed by atoms with E-state index in [1.807, 2.05) is 0 Å². The second kappa shape index (κ2) is 3.13. The molecule has 0 saturated heterocycles. The second-order valence-corrected chi connectivity index (χ2v) is 4.23. The van der Waals surface area contributed by atoms with E-state index in [0.717, 1.165) is 25.7 Å². The van der Waals surface area contributed by atoms with Crippen LogP contribution in [0.25, 0.3) is 0 Å². The van der Waals surface area contributed by atoms with E-state index in [2.05, 4.69) is 19.6 Å². The Kier molecular flexibility index (Phi) is 2.10. The van der Waals surface area contributed by atoms with Crippen molar-refractivity contribution in [2.24, 2.45) is 11.8 Å². The number of hydrogen-bond donors (Lipinski definition) is 0. The molecular formula is C12H16O. The molecule has 0 amide bonds. The third kappa shape index (κ3) is 1.37. The van der Waals surface area contributed by atoms with E-state index in [-0.39, 0.29) is 5.92 Å². The standard InChI is InChI=1S/C12H16O/c1-8-4-3-5-11(13)12-9(2)6-7-10(8)12/h4,10,12H,2-3,5-7H2,1H3. The summed E-state index contributed by atoms with van der Waals surface area (Å²) >= 11 is 0. The number of rotatable bonds is 0. The van der Waals surface area contributed by atoms with Crippen LogP contribution in [-0.2, 0) is 4.79 Å². The summed E-state index contributed by atoms with van der Waals surface area (Å²) in [6.45, 7) is 6.18. The van der Waals surface area contributed by atoms with Gasteiger partial charge in [-0.25, -0.2) is 0 Å². The van der Waals surface area contributed by atoms with Crippen LogP contribution in [0.3, 0.4) is 0 Å². The van der Waals surface area contributed by atoms with Gasteiger partial charge in [-0.05, 0) is 32.1 Å². The third-order valence-corrected chi connectivity index (χ3v) is 3.41. The molecule has 1 fully saturated rings. The first-order valence-corrected chi connectivity index (χ1v) is 5.07. The van der Waals surface area contributed by atoms with Crippen LogP contribution < -0.4 is 0 Å². The molecule has 1 saturated carbocycles. The highest BCUT2D eigenvalue weighted by Gasteiger charge is 2.36. The maximum atomic E-state index is 11.8. The molecule has 2 aliphatic rings. The Morgan fingerprint density at radius 1 is 1.46 bits per heavy atom. The van der Waals surface area contributed by atoms with Crippen LogP contribution >= 0.6 is 0 Å². The van der Waals surface area contributed by atoms with E-state index in [4.69, 9.17) is 0 Å². The Morgan fingerprint density at radius 2 is 2.23 bits per heavy atom. The highest BCUT2D eigenvalue weighted by Crippen LogP contribution is 2.42. The largest absolute Gasteiger partial charge is 0.299 e. The molecule has 0 aromatic rings. The van der Waals surface area contributed by atoms with Gasteiger partial charge in [-0.3, -0.25) is 4.79 Å². The third-order valence-electron chi connectivity index (χ3n) is 3.41.